The summed E-state index contributed by atoms with van der Waals surface area (Å²) in [6.45, 7) is 1.90. The molecule has 39 heavy (non-hydrogen) atoms. The SMILES string of the molecule is CCCCCCCCCCCCCCCCCC(=O)NC(COP(=O)(O)OCC(O)COC(=O)CC)C(=O)O. The molecule has 0 radical (unpaired) electrons. The Hall–Kier alpha value is -1.52. The summed E-state index contributed by atoms with van der Waals surface area (Å²) in [4.78, 5) is 44.3. The number of phosphoric acid groups is 1. The van der Waals surface area contributed by atoms with Crippen LogP contribution in [0.25, 0.3) is 0 Å². The van der Waals surface area contributed by atoms with E-state index in [-0.39, 0.29) is 12.8 Å². The lowest BCUT2D eigenvalue weighted by molar-refractivity contribution is -0.146. The number of aliphatic carboxylic acids is 1. The number of aliphatic hydroxyl groups excluding tert-OH is 1. The minimum absolute atomic E-state index is 0.108. The van der Waals surface area contributed by atoms with Crippen LogP contribution in [0.3, 0.4) is 0 Å². The maximum Gasteiger partial charge on any atom is 0.472 e. The van der Waals surface area contributed by atoms with Crippen molar-refractivity contribution in [1.29, 1.82) is 0 Å². The molecule has 12 heteroatoms. The fourth-order valence-electron chi connectivity index (χ4n) is 3.82. The molecule has 0 heterocycles. The van der Waals surface area contributed by atoms with Crippen molar-refractivity contribution in [3.8, 4) is 0 Å². The Bertz CT molecular complexity index is 706. The van der Waals surface area contributed by atoms with Crippen molar-refractivity contribution in [3.05, 3.63) is 0 Å². The van der Waals surface area contributed by atoms with Crippen LogP contribution in [0.4, 0.5) is 0 Å². The highest BCUT2D eigenvalue weighted by Gasteiger charge is 2.28. The third kappa shape index (κ3) is 24.0. The average Bonchev–Trinajstić information content (AvgIpc) is 2.90. The molecule has 0 aliphatic heterocycles. The minimum atomic E-state index is -4.71. The first-order chi connectivity index (χ1) is 18.6. The minimum Gasteiger partial charge on any atom is -0.480 e. The third-order valence-electron chi connectivity index (χ3n) is 6.20. The van der Waals surface area contributed by atoms with Crippen LogP contribution in [0.15, 0.2) is 0 Å². The Morgan fingerprint density at radius 1 is 0.744 bits per heavy atom. The molecule has 3 unspecified atom stereocenters. The molecule has 0 spiro atoms. The van der Waals surface area contributed by atoms with Crippen LogP contribution >= 0.6 is 7.82 Å². The van der Waals surface area contributed by atoms with Gasteiger partial charge in [-0.25, -0.2) is 9.36 Å². The van der Waals surface area contributed by atoms with E-state index in [2.05, 4.69) is 26.0 Å². The zero-order chi connectivity index (χ0) is 29.4. The van der Waals surface area contributed by atoms with E-state index in [1.165, 1.54) is 70.6 Å². The fraction of sp³-hybridized carbons (Fsp3) is 0.889. The number of aliphatic hydroxyl groups is 1. The molecule has 11 nitrogen and oxygen atoms in total. The molecule has 0 aliphatic carbocycles. The van der Waals surface area contributed by atoms with Gasteiger partial charge in [-0.2, -0.15) is 0 Å². The number of carbonyl (C=O) groups is 3. The van der Waals surface area contributed by atoms with Crippen LogP contribution in [0.1, 0.15) is 123 Å². The quantitative estimate of drug-likeness (QED) is 0.0570. The van der Waals surface area contributed by atoms with Gasteiger partial charge in [-0.05, 0) is 6.42 Å². The molecule has 1 amide bonds. The molecule has 0 fully saturated rings. The molecule has 0 saturated heterocycles. The number of hydrogen-bond acceptors (Lipinski definition) is 8. The van der Waals surface area contributed by atoms with Crippen molar-refractivity contribution in [2.24, 2.45) is 0 Å². The van der Waals surface area contributed by atoms with Gasteiger partial charge in [-0.15, -0.1) is 0 Å². The van der Waals surface area contributed by atoms with Crippen LogP contribution in [0.5, 0.6) is 0 Å². The first-order valence-corrected chi connectivity index (χ1v) is 16.1. The van der Waals surface area contributed by atoms with E-state index < -0.39 is 57.6 Å². The first-order valence-electron chi connectivity index (χ1n) is 14.6. The summed E-state index contributed by atoms with van der Waals surface area (Å²) in [6, 6.07) is -1.53. The summed E-state index contributed by atoms with van der Waals surface area (Å²) in [5.74, 6) is -2.46. The number of esters is 1. The van der Waals surface area contributed by atoms with Gasteiger partial charge in [0, 0.05) is 12.8 Å². The standard InChI is InChI=1S/C27H52NO10P/c1-3-5-6-7-8-9-10-11-12-13-14-15-16-17-18-19-25(30)28-24(27(32)33)22-38-39(34,35)37-21-23(29)20-36-26(31)4-2/h23-24,29H,3-22H2,1-2H3,(H,28,30)(H,32,33)(H,34,35). The zero-order valence-corrected chi connectivity index (χ0v) is 24.8. The van der Waals surface area contributed by atoms with E-state index in [1.807, 2.05) is 0 Å². The molecular formula is C27H52NO10P. The largest absolute Gasteiger partial charge is 0.480 e. The Kier molecular flexibility index (Phi) is 23.3. The number of unbranched alkanes of at least 4 members (excludes halogenated alkanes) is 14. The number of ether oxygens (including phenoxy) is 1. The van der Waals surface area contributed by atoms with Crippen LogP contribution in [0, 0.1) is 0 Å². The molecule has 4 N–H and O–H groups in total. The second kappa shape index (κ2) is 24.3. The van der Waals surface area contributed by atoms with Crippen molar-refractivity contribution >= 4 is 25.7 Å². The summed E-state index contributed by atoms with van der Waals surface area (Å²) in [5.41, 5.74) is 0. The molecule has 0 aliphatic rings. The van der Waals surface area contributed by atoms with Crippen LogP contribution < -0.4 is 5.32 Å². The van der Waals surface area contributed by atoms with Gasteiger partial charge in [0.25, 0.3) is 0 Å². The third-order valence-corrected chi connectivity index (χ3v) is 7.15. The number of amides is 1. The number of nitrogens with one attached hydrogen (secondary N) is 1. The van der Waals surface area contributed by atoms with Gasteiger partial charge in [0.1, 0.15) is 12.7 Å². The molecule has 0 aromatic carbocycles. The normalized spacial score (nSPS) is 14.4. The van der Waals surface area contributed by atoms with E-state index in [0.717, 1.165) is 19.3 Å². The molecule has 230 valence electrons. The predicted octanol–water partition coefficient (Wildman–Crippen LogP) is 5.27. The monoisotopic (exact) mass is 581 g/mol. The van der Waals surface area contributed by atoms with Gasteiger partial charge in [0.2, 0.25) is 5.91 Å². The topological polar surface area (TPSA) is 169 Å². The Morgan fingerprint density at radius 3 is 1.67 bits per heavy atom. The summed E-state index contributed by atoms with van der Waals surface area (Å²) >= 11 is 0. The molecule has 0 saturated carbocycles. The van der Waals surface area contributed by atoms with Gasteiger partial charge >= 0.3 is 19.8 Å². The van der Waals surface area contributed by atoms with Crippen LogP contribution in [0.2, 0.25) is 0 Å². The maximum absolute atomic E-state index is 12.1. The average molecular weight is 582 g/mol. The smallest absolute Gasteiger partial charge is 0.472 e. The maximum atomic E-state index is 12.1. The lowest BCUT2D eigenvalue weighted by Gasteiger charge is -2.18. The van der Waals surface area contributed by atoms with E-state index in [9.17, 15) is 34.1 Å². The lowest BCUT2D eigenvalue weighted by Crippen LogP contribution is -2.43. The van der Waals surface area contributed by atoms with Gasteiger partial charge in [0.15, 0.2) is 6.04 Å². The van der Waals surface area contributed by atoms with Crippen molar-refractivity contribution in [2.45, 2.75) is 135 Å². The molecular weight excluding hydrogens is 529 g/mol. The van der Waals surface area contributed by atoms with Crippen molar-refractivity contribution in [1.82, 2.24) is 5.32 Å². The number of carboxylic acids is 1. The number of hydrogen-bond donors (Lipinski definition) is 4. The molecule has 0 rings (SSSR count). The summed E-state index contributed by atoms with van der Waals surface area (Å²) < 4.78 is 25.9. The fourth-order valence-corrected chi connectivity index (χ4v) is 4.60. The lowest BCUT2D eigenvalue weighted by atomic mass is 10.0. The summed E-state index contributed by atoms with van der Waals surface area (Å²) in [5, 5.41) is 21.2. The van der Waals surface area contributed by atoms with Crippen molar-refractivity contribution in [3.63, 3.8) is 0 Å². The van der Waals surface area contributed by atoms with Gasteiger partial charge in [0.05, 0.1) is 13.2 Å². The predicted molar refractivity (Wildman–Crippen MR) is 148 cm³/mol. The van der Waals surface area contributed by atoms with E-state index in [0.29, 0.717) is 6.42 Å². The van der Waals surface area contributed by atoms with Crippen molar-refractivity contribution < 1.29 is 47.8 Å². The summed E-state index contributed by atoms with van der Waals surface area (Å²) in [7, 11) is -4.71. The van der Waals surface area contributed by atoms with E-state index in [4.69, 9.17) is 0 Å². The Labute approximate surface area is 234 Å². The molecule has 0 bridgehead atoms. The van der Waals surface area contributed by atoms with E-state index in [1.54, 1.807) is 6.92 Å². The van der Waals surface area contributed by atoms with E-state index >= 15 is 0 Å². The Balaban J connectivity index is 3.92. The van der Waals surface area contributed by atoms with Gasteiger partial charge in [-0.3, -0.25) is 18.6 Å². The number of carbonyl (C=O) groups excluding carboxylic acids is 2. The zero-order valence-electron chi connectivity index (χ0n) is 23.9. The van der Waals surface area contributed by atoms with Crippen molar-refractivity contribution in [2.75, 3.05) is 19.8 Å². The van der Waals surface area contributed by atoms with Gasteiger partial charge < -0.3 is 25.2 Å². The Morgan fingerprint density at radius 2 is 1.21 bits per heavy atom. The first kappa shape index (κ1) is 37.5. The summed E-state index contributed by atoms with van der Waals surface area (Å²) in [6.07, 6.45) is 16.9. The molecule has 3 atom stereocenters. The second-order valence-corrected chi connectivity index (χ2v) is 11.4. The second-order valence-electron chi connectivity index (χ2n) is 9.91. The number of carboxylic acid groups (broad SMARTS) is 1. The molecule has 0 aromatic heterocycles. The highest BCUT2D eigenvalue weighted by atomic mass is 31.2. The van der Waals surface area contributed by atoms with Gasteiger partial charge in [-0.1, -0.05) is 104 Å². The highest BCUT2D eigenvalue weighted by molar-refractivity contribution is 7.47. The molecule has 0 aromatic rings. The highest BCUT2D eigenvalue weighted by Crippen LogP contribution is 2.43. The van der Waals surface area contributed by atoms with Crippen LogP contribution in [-0.4, -0.2) is 64.9 Å². The number of phosphoric ester groups is 1. The van der Waals surface area contributed by atoms with Crippen LogP contribution in [-0.2, 0) is 32.7 Å². The number of rotatable bonds is 27.